The third-order valence-corrected chi connectivity index (χ3v) is 5.07. The summed E-state index contributed by atoms with van der Waals surface area (Å²) in [7, 11) is 0. The van der Waals surface area contributed by atoms with E-state index >= 15 is 0 Å². The molecule has 1 aromatic carbocycles. The molecule has 5 nitrogen and oxygen atoms in total. The Morgan fingerprint density at radius 2 is 2.00 bits per heavy atom. The molecule has 1 aromatic heterocycles. The lowest BCUT2D eigenvalue weighted by Crippen LogP contribution is -2.33. The van der Waals surface area contributed by atoms with Crippen molar-refractivity contribution in [3.8, 4) is 0 Å². The summed E-state index contributed by atoms with van der Waals surface area (Å²) in [5.74, 6) is -1.19. The number of esters is 1. The number of amides is 1. The molecule has 1 amide bonds. The number of aryl methyl sites for hydroxylation is 2. The minimum absolute atomic E-state index is 0.229. The average molecular weight is 357 g/mol. The van der Waals surface area contributed by atoms with E-state index in [9.17, 15) is 14.4 Å². The van der Waals surface area contributed by atoms with Crippen LogP contribution in [0.4, 0.5) is 0 Å². The van der Waals surface area contributed by atoms with Crippen LogP contribution in [0.2, 0.25) is 0 Å². The lowest BCUT2D eigenvalue weighted by atomic mass is 10.0. The molecule has 1 N–H and O–H groups in total. The Labute approximate surface area is 150 Å². The molecule has 25 heavy (non-hydrogen) atoms. The van der Waals surface area contributed by atoms with E-state index in [-0.39, 0.29) is 18.2 Å². The first-order valence-corrected chi connectivity index (χ1v) is 9.10. The monoisotopic (exact) mass is 357 g/mol. The van der Waals surface area contributed by atoms with Crippen molar-refractivity contribution in [1.82, 2.24) is 5.32 Å². The van der Waals surface area contributed by atoms with Crippen LogP contribution in [0.15, 0.2) is 35.7 Å². The number of hydrogen-bond donors (Lipinski definition) is 1. The maximum Gasteiger partial charge on any atom is 0.326 e. The van der Waals surface area contributed by atoms with E-state index in [0.717, 1.165) is 19.3 Å². The fourth-order valence-electron chi connectivity index (χ4n) is 2.90. The molecule has 0 radical (unpaired) electrons. The number of benzene rings is 1. The van der Waals surface area contributed by atoms with E-state index in [0.29, 0.717) is 10.4 Å². The zero-order valence-corrected chi connectivity index (χ0v) is 14.7. The number of rotatable bonds is 6. The van der Waals surface area contributed by atoms with Crippen LogP contribution < -0.4 is 5.32 Å². The van der Waals surface area contributed by atoms with Crippen molar-refractivity contribution >= 4 is 29.0 Å². The third kappa shape index (κ3) is 4.14. The minimum atomic E-state index is -0.884. The van der Waals surface area contributed by atoms with Crippen molar-refractivity contribution in [3.05, 3.63) is 57.3 Å². The molecule has 130 valence electrons. The molecule has 0 aliphatic heterocycles. The summed E-state index contributed by atoms with van der Waals surface area (Å²) in [4.78, 5) is 36.6. The summed E-state index contributed by atoms with van der Waals surface area (Å²) in [6.07, 6.45) is 2.27. The van der Waals surface area contributed by atoms with Crippen molar-refractivity contribution < 1.29 is 19.1 Å². The zero-order valence-electron chi connectivity index (χ0n) is 13.9. The summed E-state index contributed by atoms with van der Waals surface area (Å²) < 4.78 is 5.15. The van der Waals surface area contributed by atoms with Gasteiger partial charge in [0.2, 0.25) is 5.78 Å². The standard InChI is InChI=1S/C19H19NO4S/c1-12(18(22)15-8-7-13-4-2-5-14(13)10-15)24-17(21)11-20-19(23)16-6-3-9-25-16/h3,6-10,12H,2,4-5,11H2,1H3,(H,20,23)/t12-/m1/s1. The van der Waals surface area contributed by atoms with Gasteiger partial charge in [0.15, 0.2) is 6.10 Å². The Hall–Kier alpha value is -2.47. The maximum absolute atomic E-state index is 12.4. The molecule has 1 aliphatic rings. The van der Waals surface area contributed by atoms with E-state index in [1.165, 1.54) is 22.5 Å². The lowest BCUT2D eigenvalue weighted by Gasteiger charge is -2.13. The molecule has 1 atom stereocenters. The van der Waals surface area contributed by atoms with Crippen molar-refractivity contribution in [1.29, 1.82) is 0 Å². The number of nitrogens with one attached hydrogen (secondary N) is 1. The molecule has 3 rings (SSSR count). The average Bonchev–Trinajstić information content (AvgIpc) is 3.29. The number of hydrogen-bond acceptors (Lipinski definition) is 5. The van der Waals surface area contributed by atoms with Gasteiger partial charge in [0.05, 0.1) is 4.88 Å². The zero-order chi connectivity index (χ0) is 17.8. The molecule has 0 unspecified atom stereocenters. The van der Waals surface area contributed by atoms with Gasteiger partial charge in [-0.3, -0.25) is 14.4 Å². The smallest absolute Gasteiger partial charge is 0.326 e. The van der Waals surface area contributed by atoms with Crippen molar-refractivity contribution in [3.63, 3.8) is 0 Å². The second-order valence-corrected chi connectivity index (χ2v) is 6.94. The minimum Gasteiger partial charge on any atom is -0.453 e. The second kappa shape index (κ2) is 7.61. The van der Waals surface area contributed by atoms with Crippen LogP contribution in [0.3, 0.4) is 0 Å². The van der Waals surface area contributed by atoms with E-state index < -0.39 is 12.1 Å². The molecule has 2 aromatic rings. The van der Waals surface area contributed by atoms with Crippen molar-refractivity contribution in [2.75, 3.05) is 6.54 Å². The number of thiophene rings is 1. The van der Waals surface area contributed by atoms with Gasteiger partial charge >= 0.3 is 5.97 Å². The fourth-order valence-corrected chi connectivity index (χ4v) is 3.54. The SMILES string of the molecule is C[C@@H](OC(=O)CNC(=O)c1cccs1)C(=O)c1ccc2c(c1)CCC2. The molecule has 6 heteroatoms. The Bertz CT molecular complexity index is 798. The van der Waals surface area contributed by atoms with Gasteiger partial charge in [-0.15, -0.1) is 11.3 Å². The number of carbonyl (C=O) groups is 3. The van der Waals surface area contributed by atoms with E-state index in [1.54, 1.807) is 30.5 Å². The molecular formula is C19H19NO4S. The van der Waals surface area contributed by atoms with Gasteiger partial charge in [-0.2, -0.15) is 0 Å². The third-order valence-electron chi connectivity index (χ3n) is 4.20. The van der Waals surface area contributed by atoms with E-state index in [2.05, 4.69) is 5.32 Å². The van der Waals surface area contributed by atoms with Crippen LogP contribution in [0.5, 0.6) is 0 Å². The highest BCUT2D eigenvalue weighted by Crippen LogP contribution is 2.23. The molecule has 0 spiro atoms. The molecule has 1 aliphatic carbocycles. The Morgan fingerprint density at radius 1 is 1.20 bits per heavy atom. The number of fused-ring (bicyclic) bond motifs is 1. The number of Topliss-reactive ketones (excluding diaryl/α,β-unsaturated/α-hetero) is 1. The summed E-state index contributed by atoms with van der Waals surface area (Å²) in [5, 5.41) is 4.27. The predicted octanol–water partition coefficient (Wildman–Crippen LogP) is 2.78. The van der Waals surface area contributed by atoms with Gasteiger partial charge in [0, 0.05) is 5.56 Å². The van der Waals surface area contributed by atoms with Crippen LogP contribution in [0.25, 0.3) is 0 Å². The van der Waals surface area contributed by atoms with Crippen LogP contribution in [0, 0.1) is 0 Å². The summed E-state index contributed by atoms with van der Waals surface area (Å²) in [5.41, 5.74) is 3.05. The number of carbonyl (C=O) groups excluding carboxylic acids is 3. The van der Waals surface area contributed by atoms with Crippen LogP contribution in [0.1, 0.15) is 44.5 Å². The quantitative estimate of drug-likeness (QED) is 0.637. The lowest BCUT2D eigenvalue weighted by molar-refractivity contribution is -0.145. The first-order chi connectivity index (χ1) is 12.0. The van der Waals surface area contributed by atoms with Gasteiger partial charge in [-0.1, -0.05) is 18.2 Å². The van der Waals surface area contributed by atoms with Gasteiger partial charge in [0.25, 0.3) is 5.91 Å². The topological polar surface area (TPSA) is 72.5 Å². The van der Waals surface area contributed by atoms with Crippen LogP contribution >= 0.6 is 11.3 Å². The summed E-state index contributed by atoms with van der Waals surface area (Å²) in [6, 6.07) is 9.09. The highest BCUT2D eigenvalue weighted by atomic mass is 32.1. The van der Waals surface area contributed by atoms with Gasteiger partial charge in [-0.25, -0.2) is 0 Å². The van der Waals surface area contributed by atoms with E-state index in [4.69, 9.17) is 4.74 Å². The molecule has 0 bridgehead atoms. The molecule has 0 saturated carbocycles. The largest absolute Gasteiger partial charge is 0.453 e. The summed E-state index contributed by atoms with van der Waals surface area (Å²) in [6.45, 7) is 1.28. The second-order valence-electron chi connectivity index (χ2n) is 5.99. The Morgan fingerprint density at radius 3 is 2.76 bits per heavy atom. The Balaban J connectivity index is 1.52. The Kier molecular flexibility index (Phi) is 5.28. The maximum atomic E-state index is 12.4. The van der Waals surface area contributed by atoms with Crippen molar-refractivity contribution in [2.45, 2.75) is 32.3 Å². The molecular weight excluding hydrogens is 338 g/mol. The molecule has 0 fully saturated rings. The van der Waals surface area contributed by atoms with Crippen LogP contribution in [-0.2, 0) is 22.4 Å². The van der Waals surface area contributed by atoms with Crippen molar-refractivity contribution in [2.24, 2.45) is 0 Å². The molecule has 1 heterocycles. The first-order valence-electron chi connectivity index (χ1n) is 8.22. The summed E-state index contributed by atoms with van der Waals surface area (Å²) >= 11 is 1.29. The number of ketones is 1. The molecule has 0 saturated heterocycles. The highest BCUT2D eigenvalue weighted by Gasteiger charge is 2.22. The van der Waals surface area contributed by atoms with Gasteiger partial charge in [0.1, 0.15) is 6.54 Å². The first kappa shape index (κ1) is 17.4. The van der Waals surface area contributed by atoms with Gasteiger partial charge < -0.3 is 10.1 Å². The number of ether oxygens (including phenoxy) is 1. The van der Waals surface area contributed by atoms with Gasteiger partial charge in [-0.05, 0) is 54.8 Å². The van der Waals surface area contributed by atoms with Crippen LogP contribution in [-0.4, -0.2) is 30.3 Å². The normalized spacial score (nSPS) is 13.8. The predicted molar refractivity (Wildman–Crippen MR) is 95.0 cm³/mol. The fraction of sp³-hybridized carbons (Fsp3) is 0.316. The van der Waals surface area contributed by atoms with E-state index in [1.807, 2.05) is 12.1 Å². The highest BCUT2D eigenvalue weighted by molar-refractivity contribution is 7.12.